The van der Waals surface area contributed by atoms with Gasteiger partial charge < -0.3 is 5.32 Å². The number of amides is 1. The molecule has 1 aliphatic rings. The van der Waals surface area contributed by atoms with Gasteiger partial charge >= 0.3 is 0 Å². The molecule has 1 N–H and O–H groups in total. The summed E-state index contributed by atoms with van der Waals surface area (Å²) in [7, 11) is -3.19. The minimum absolute atomic E-state index is 0.105. The van der Waals surface area contributed by atoms with Crippen molar-refractivity contribution in [1.82, 2.24) is 29.4 Å². The molecule has 0 aromatic carbocycles. The first-order valence-electron chi connectivity index (χ1n) is 7.99. The summed E-state index contributed by atoms with van der Waals surface area (Å²) in [5.74, 6) is 0.374. The number of hydrogen-bond donors (Lipinski definition) is 1. The molecule has 0 aliphatic carbocycles. The van der Waals surface area contributed by atoms with Gasteiger partial charge in [-0.15, -0.1) is 10.2 Å². The summed E-state index contributed by atoms with van der Waals surface area (Å²) >= 11 is 0. The highest BCUT2D eigenvalue weighted by Crippen LogP contribution is 2.18. The maximum Gasteiger partial charge on any atom is 0.269 e. The first-order valence-corrected chi connectivity index (χ1v) is 9.83. The quantitative estimate of drug-likeness (QED) is 0.803. The minimum atomic E-state index is -3.19. The molecule has 3 heterocycles. The van der Waals surface area contributed by atoms with Gasteiger partial charge in [0.25, 0.3) is 5.91 Å². The molecule has 10 heteroatoms. The largest absolute Gasteiger partial charge is 0.350 e. The van der Waals surface area contributed by atoms with Crippen LogP contribution in [0.25, 0.3) is 5.82 Å². The molecule has 1 fully saturated rings. The van der Waals surface area contributed by atoms with Gasteiger partial charge in [-0.1, -0.05) is 6.07 Å². The molecule has 1 aliphatic heterocycles. The van der Waals surface area contributed by atoms with E-state index in [4.69, 9.17) is 0 Å². The minimum Gasteiger partial charge on any atom is -0.350 e. The summed E-state index contributed by atoms with van der Waals surface area (Å²) in [6, 6.07) is 5.13. The molecular formula is C15H20N6O3S. The summed E-state index contributed by atoms with van der Waals surface area (Å²) in [5, 5.41) is 10.3. The number of pyridine rings is 1. The Kier molecular flexibility index (Phi) is 5.09. The maximum atomic E-state index is 12.3. The normalized spacial score (nSPS) is 18.8. The average Bonchev–Trinajstić information content (AvgIpc) is 3.14. The fourth-order valence-electron chi connectivity index (χ4n) is 2.83. The monoisotopic (exact) mass is 364 g/mol. The molecule has 25 heavy (non-hydrogen) atoms. The molecular weight excluding hydrogens is 344 g/mol. The van der Waals surface area contributed by atoms with E-state index in [9.17, 15) is 13.2 Å². The average molecular weight is 364 g/mol. The van der Waals surface area contributed by atoms with Crippen molar-refractivity contribution in [3.05, 3.63) is 36.5 Å². The van der Waals surface area contributed by atoms with Crippen LogP contribution < -0.4 is 5.32 Å². The summed E-state index contributed by atoms with van der Waals surface area (Å²) in [5.41, 5.74) is 0.293. The van der Waals surface area contributed by atoms with Gasteiger partial charge in [0.1, 0.15) is 24.2 Å². The Bertz CT molecular complexity index is 837. The van der Waals surface area contributed by atoms with Gasteiger partial charge in [-0.2, -0.15) is 0 Å². The SMILES string of the molecule is CS(=O)(=O)N1CCC[C@H](CNC(=O)c2cccc(-n3cnnc3)n2)C1. The standard InChI is InChI=1S/C15H20N6O3S/c1-25(23,24)21-7-3-4-12(9-21)8-16-15(22)13-5-2-6-14(19-13)20-10-17-18-11-20/h2,5-6,10-12H,3-4,7-9H2,1H3,(H,16,22)/t12-/m1/s1. The van der Waals surface area contributed by atoms with Gasteiger partial charge in [-0.25, -0.2) is 17.7 Å². The third-order valence-electron chi connectivity index (χ3n) is 4.15. The lowest BCUT2D eigenvalue weighted by atomic mass is 10.00. The van der Waals surface area contributed by atoms with Crippen LogP contribution >= 0.6 is 0 Å². The van der Waals surface area contributed by atoms with E-state index < -0.39 is 10.0 Å². The molecule has 0 bridgehead atoms. The number of nitrogens with one attached hydrogen (secondary N) is 1. The van der Waals surface area contributed by atoms with Crippen LogP contribution in [0.4, 0.5) is 0 Å². The third-order valence-corrected chi connectivity index (χ3v) is 5.42. The zero-order valence-electron chi connectivity index (χ0n) is 13.9. The van der Waals surface area contributed by atoms with Crippen LogP contribution in [-0.4, -0.2) is 64.3 Å². The zero-order chi connectivity index (χ0) is 17.9. The molecule has 1 amide bonds. The van der Waals surface area contributed by atoms with Crippen molar-refractivity contribution < 1.29 is 13.2 Å². The number of rotatable bonds is 5. The highest BCUT2D eigenvalue weighted by atomic mass is 32.2. The van der Waals surface area contributed by atoms with Crippen molar-refractivity contribution >= 4 is 15.9 Å². The molecule has 134 valence electrons. The molecule has 3 rings (SSSR count). The molecule has 1 atom stereocenters. The highest BCUT2D eigenvalue weighted by Gasteiger charge is 2.26. The van der Waals surface area contributed by atoms with Crippen LogP contribution in [0.5, 0.6) is 0 Å². The van der Waals surface area contributed by atoms with E-state index in [2.05, 4.69) is 20.5 Å². The molecule has 2 aromatic heterocycles. The number of nitrogens with zero attached hydrogens (tertiary/aromatic N) is 5. The van der Waals surface area contributed by atoms with Crippen molar-refractivity contribution in [1.29, 1.82) is 0 Å². The number of carbonyl (C=O) groups excluding carboxylic acids is 1. The summed E-state index contributed by atoms with van der Waals surface area (Å²) < 4.78 is 26.4. The smallest absolute Gasteiger partial charge is 0.269 e. The van der Waals surface area contributed by atoms with E-state index in [1.54, 1.807) is 22.8 Å². The van der Waals surface area contributed by atoms with Crippen molar-refractivity contribution in [3.63, 3.8) is 0 Å². The molecule has 2 aromatic rings. The summed E-state index contributed by atoms with van der Waals surface area (Å²) in [4.78, 5) is 16.6. The molecule has 0 radical (unpaired) electrons. The second kappa shape index (κ2) is 7.28. The fraction of sp³-hybridized carbons (Fsp3) is 0.467. The Morgan fingerprint density at radius 1 is 1.32 bits per heavy atom. The lowest BCUT2D eigenvalue weighted by molar-refractivity contribution is 0.0936. The Balaban J connectivity index is 1.60. The number of aromatic nitrogens is 4. The van der Waals surface area contributed by atoms with E-state index >= 15 is 0 Å². The zero-order valence-corrected chi connectivity index (χ0v) is 14.7. The molecule has 0 saturated carbocycles. The van der Waals surface area contributed by atoms with E-state index in [1.807, 2.05) is 0 Å². The van der Waals surface area contributed by atoms with Crippen LogP contribution in [0, 0.1) is 5.92 Å². The van der Waals surface area contributed by atoms with Crippen molar-refractivity contribution in [2.45, 2.75) is 12.8 Å². The molecule has 1 saturated heterocycles. The van der Waals surface area contributed by atoms with E-state index in [0.29, 0.717) is 31.1 Å². The van der Waals surface area contributed by atoms with Crippen LogP contribution in [0.15, 0.2) is 30.9 Å². The predicted octanol–water partition coefficient (Wildman–Crippen LogP) is 0.0637. The highest BCUT2D eigenvalue weighted by molar-refractivity contribution is 7.88. The molecule has 9 nitrogen and oxygen atoms in total. The number of carbonyl (C=O) groups is 1. The predicted molar refractivity (Wildman–Crippen MR) is 90.6 cm³/mol. The van der Waals surface area contributed by atoms with E-state index in [-0.39, 0.29) is 11.8 Å². The lowest BCUT2D eigenvalue weighted by Crippen LogP contribution is -2.43. The Hall–Kier alpha value is -2.33. The van der Waals surface area contributed by atoms with Gasteiger partial charge in [0.2, 0.25) is 10.0 Å². The maximum absolute atomic E-state index is 12.3. The summed E-state index contributed by atoms with van der Waals surface area (Å²) in [6.07, 6.45) is 5.92. The second-order valence-electron chi connectivity index (χ2n) is 6.09. The van der Waals surface area contributed by atoms with Crippen LogP contribution in [0.2, 0.25) is 0 Å². The van der Waals surface area contributed by atoms with Gasteiger partial charge in [0.15, 0.2) is 0 Å². The molecule has 0 unspecified atom stereocenters. The van der Waals surface area contributed by atoms with Gasteiger partial charge in [-0.3, -0.25) is 9.36 Å². The first kappa shape index (κ1) is 17.5. The second-order valence-corrected chi connectivity index (χ2v) is 8.07. The van der Waals surface area contributed by atoms with Gasteiger partial charge in [0.05, 0.1) is 6.26 Å². The Labute approximate surface area is 146 Å². The summed E-state index contributed by atoms with van der Waals surface area (Å²) in [6.45, 7) is 1.41. The number of piperidine rings is 1. The van der Waals surface area contributed by atoms with Gasteiger partial charge in [0, 0.05) is 19.6 Å². The number of hydrogen-bond acceptors (Lipinski definition) is 6. The first-order chi connectivity index (χ1) is 11.9. The van der Waals surface area contributed by atoms with Crippen LogP contribution in [0.3, 0.4) is 0 Å². The molecule has 0 spiro atoms. The van der Waals surface area contributed by atoms with E-state index in [1.165, 1.54) is 23.2 Å². The van der Waals surface area contributed by atoms with Crippen LogP contribution in [-0.2, 0) is 10.0 Å². The lowest BCUT2D eigenvalue weighted by Gasteiger charge is -2.30. The topological polar surface area (TPSA) is 110 Å². The van der Waals surface area contributed by atoms with E-state index in [0.717, 1.165) is 12.8 Å². The number of sulfonamides is 1. The Morgan fingerprint density at radius 2 is 2.08 bits per heavy atom. The van der Waals surface area contributed by atoms with Crippen molar-refractivity contribution in [2.24, 2.45) is 5.92 Å². The van der Waals surface area contributed by atoms with Gasteiger partial charge in [-0.05, 0) is 30.9 Å². The fourth-order valence-corrected chi connectivity index (χ4v) is 3.78. The third kappa shape index (κ3) is 4.40. The van der Waals surface area contributed by atoms with Crippen molar-refractivity contribution in [3.8, 4) is 5.82 Å². The van der Waals surface area contributed by atoms with Crippen LogP contribution in [0.1, 0.15) is 23.3 Å². The Morgan fingerprint density at radius 3 is 2.80 bits per heavy atom. The van der Waals surface area contributed by atoms with Crippen molar-refractivity contribution in [2.75, 3.05) is 25.9 Å².